The van der Waals surface area contributed by atoms with Crippen LogP contribution in [0.5, 0.6) is 0 Å². The van der Waals surface area contributed by atoms with Gasteiger partial charge in [0, 0.05) is 25.7 Å². The Kier molecular flexibility index (Phi) is 3.29. The summed E-state index contributed by atoms with van der Waals surface area (Å²) in [5, 5.41) is 8.70. The molecule has 0 aliphatic heterocycles. The van der Waals surface area contributed by atoms with E-state index in [2.05, 4.69) is 9.97 Å². The molecule has 96 valence electrons. The van der Waals surface area contributed by atoms with Gasteiger partial charge in [-0.25, -0.2) is 9.37 Å². The topological polar surface area (TPSA) is 78.8 Å². The van der Waals surface area contributed by atoms with Gasteiger partial charge in [-0.1, -0.05) is 6.07 Å². The van der Waals surface area contributed by atoms with E-state index in [1.54, 1.807) is 23.1 Å². The SMILES string of the molecule is CN(C)c1cc(-c2ccc(C#N)c(F)c2)nc(N)n1. The predicted octanol–water partition coefficient (Wildman–Crippen LogP) is 1.80. The van der Waals surface area contributed by atoms with Gasteiger partial charge >= 0.3 is 0 Å². The zero-order chi connectivity index (χ0) is 14.0. The molecule has 1 heterocycles. The predicted molar refractivity (Wildman–Crippen MR) is 70.9 cm³/mol. The number of benzene rings is 1. The minimum Gasteiger partial charge on any atom is -0.368 e. The molecule has 5 nitrogen and oxygen atoms in total. The molecule has 0 aliphatic rings. The van der Waals surface area contributed by atoms with Crippen molar-refractivity contribution in [2.75, 3.05) is 24.7 Å². The van der Waals surface area contributed by atoms with Crippen LogP contribution >= 0.6 is 0 Å². The quantitative estimate of drug-likeness (QED) is 0.887. The number of nitrogens with zero attached hydrogens (tertiary/aromatic N) is 4. The molecule has 0 radical (unpaired) electrons. The number of nitrogens with two attached hydrogens (primary N) is 1. The van der Waals surface area contributed by atoms with Gasteiger partial charge in [0.2, 0.25) is 5.95 Å². The third-order valence-electron chi connectivity index (χ3n) is 2.57. The Balaban J connectivity index is 2.53. The molecule has 0 unspecified atom stereocenters. The summed E-state index contributed by atoms with van der Waals surface area (Å²) < 4.78 is 13.6. The summed E-state index contributed by atoms with van der Waals surface area (Å²) >= 11 is 0. The number of nitrogen functional groups attached to an aromatic ring is 1. The maximum Gasteiger partial charge on any atom is 0.222 e. The molecular weight excluding hydrogens is 245 g/mol. The van der Waals surface area contributed by atoms with E-state index in [1.807, 2.05) is 14.1 Å². The van der Waals surface area contributed by atoms with Gasteiger partial charge in [-0.3, -0.25) is 0 Å². The molecule has 2 rings (SSSR count). The molecule has 19 heavy (non-hydrogen) atoms. The van der Waals surface area contributed by atoms with Gasteiger partial charge in [0.1, 0.15) is 17.7 Å². The van der Waals surface area contributed by atoms with Crippen molar-refractivity contribution in [2.45, 2.75) is 0 Å². The third-order valence-corrected chi connectivity index (χ3v) is 2.57. The second-order valence-corrected chi connectivity index (χ2v) is 4.17. The number of hydrogen-bond donors (Lipinski definition) is 1. The van der Waals surface area contributed by atoms with Crippen LogP contribution in [0, 0.1) is 17.1 Å². The highest BCUT2D eigenvalue weighted by molar-refractivity contribution is 5.65. The lowest BCUT2D eigenvalue weighted by atomic mass is 10.1. The Bertz CT molecular complexity index is 661. The average molecular weight is 257 g/mol. The van der Waals surface area contributed by atoms with E-state index >= 15 is 0 Å². The largest absolute Gasteiger partial charge is 0.368 e. The molecule has 0 fully saturated rings. The number of hydrogen-bond acceptors (Lipinski definition) is 5. The Labute approximate surface area is 110 Å². The van der Waals surface area contributed by atoms with Crippen molar-refractivity contribution >= 4 is 11.8 Å². The van der Waals surface area contributed by atoms with E-state index in [1.165, 1.54) is 12.1 Å². The van der Waals surface area contributed by atoms with Crippen molar-refractivity contribution in [1.82, 2.24) is 9.97 Å². The molecule has 0 bridgehead atoms. The normalized spacial score (nSPS) is 10.0. The number of halogens is 1. The molecule has 1 aromatic heterocycles. The summed E-state index contributed by atoms with van der Waals surface area (Å²) in [6.45, 7) is 0. The highest BCUT2D eigenvalue weighted by Gasteiger charge is 2.09. The molecule has 0 saturated heterocycles. The molecular formula is C13H12FN5. The highest BCUT2D eigenvalue weighted by atomic mass is 19.1. The molecule has 1 aromatic carbocycles. The smallest absolute Gasteiger partial charge is 0.222 e. The first-order valence-electron chi connectivity index (χ1n) is 5.53. The number of nitriles is 1. The van der Waals surface area contributed by atoms with E-state index in [4.69, 9.17) is 11.0 Å². The van der Waals surface area contributed by atoms with Gasteiger partial charge in [-0.2, -0.15) is 10.2 Å². The summed E-state index contributed by atoms with van der Waals surface area (Å²) in [6.07, 6.45) is 0. The van der Waals surface area contributed by atoms with E-state index in [0.717, 1.165) is 0 Å². The molecule has 0 saturated carbocycles. The van der Waals surface area contributed by atoms with E-state index < -0.39 is 5.82 Å². The second-order valence-electron chi connectivity index (χ2n) is 4.17. The average Bonchev–Trinajstić information content (AvgIpc) is 2.37. The lowest BCUT2D eigenvalue weighted by molar-refractivity contribution is 0.624. The van der Waals surface area contributed by atoms with Crippen LogP contribution in [0.1, 0.15) is 5.56 Å². The Morgan fingerprint density at radius 3 is 2.58 bits per heavy atom. The summed E-state index contributed by atoms with van der Waals surface area (Å²) in [4.78, 5) is 9.91. The van der Waals surface area contributed by atoms with Crippen LogP contribution in [0.15, 0.2) is 24.3 Å². The van der Waals surface area contributed by atoms with E-state index in [0.29, 0.717) is 17.1 Å². The van der Waals surface area contributed by atoms with Crippen molar-refractivity contribution in [3.63, 3.8) is 0 Å². The molecule has 0 atom stereocenters. The van der Waals surface area contributed by atoms with Gasteiger partial charge in [0.05, 0.1) is 11.3 Å². The summed E-state index contributed by atoms with van der Waals surface area (Å²) in [5.41, 5.74) is 6.70. The summed E-state index contributed by atoms with van der Waals surface area (Å²) in [5.74, 6) is 0.168. The van der Waals surface area contributed by atoms with Crippen molar-refractivity contribution in [2.24, 2.45) is 0 Å². The van der Waals surface area contributed by atoms with Crippen LogP contribution in [0.3, 0.4) is 0 Å². The van der Waals surface area contributed by atoms with Crippen LogP contribution < -0.4 is 10.6 Å². The monoisotopic (exact) mass is 257 g/mol. The van der Waals surface area contributed by atoms with Crippen LogP contribution in [0.25, 0.3) is 11.3 Å². The fourth-order valence-corrected chi connectivity index (χ4v) is 1.59. The first kappa shape index (κ1) is 12.8. The van der Waals surface area contributed by atoms with Crippen molar-refractivity contribution in [1.29, 1.82) is 5.26 Å². The fraction of sp³-hybridized carbons (Fsp3) is 0.154. The van der Waals surface area contributed by atoms with Gasteiger partial charge in [0.25, 0.3) is 0 Å². The lowest BCUT2D eigenvalue weighted by Gasteiger charge is -2.13. The minimum absolute atomic E-state index is 0.00129. The van der Waals surface area contributed by atoms with Crippen LogP contribution in [-0.2, 0) is 0 Å². The molecule has 6 heteroatoms. The van der Waals surface area contributed by atoms with E-state index in [-0.39, 0.29) is 11.5 Å². The second kappa shape index (κ2) is 4.90. The zero-order valence-corrected chi connectivity index (χ0v) is 10.6. The Hall–Kier alpha value is -2.68. The van der Waals surface area contributed by atoms with Gasteiger partial charge in [-0.15, -0.1) is 0 Å². The maximum atomic E-state index is 13.6. The molecule has 0 amide bonds. The Morgan fingerprint density at radius 1 is 1.26 bits per heavy atom. The van der Waals surface area contributed by atoms with Crippen molar-refractivity contribution in [3.8, 4) is 17.3 Å². The van der Waals surface area contributed by atoms with Crippen molar-refractivity contribution < 1.29 is 4.39 Å². The summed E-state index contributed by atoms with van der Waals surface area (Å²) in [7, 11) is 3.65. The number of rotatable bonds is 2. The molecule has 0 aliphatic carbocycles. The molecule has 2 N–H and O–H groups in total. The first-order chi connectivity index (χ1) is 9.01. The number of anilines is 2. The molecule has 2 aromatic rings. The maximum absolute atomic E-state index is 13.6. The Morgan fingerprint density at radius 2 is 2.00 bits per heavy atom. The van der Waals surface area contributed by atoms with Gasteiger partial charge in [0.15, 0.2) is 0 Å². The third kappa shape index (κ3) is 2.60. The number of aromatic nitrogens is 2. The summed E-state index contributed by atoms with van der Waals surface area (Å²) in [6, 6.07) is 7.79. The van der Waals surface area contributed by atoms with Crippen molar-refractivity contribution in [3.05, 3.63) is 35.6 Å². The van der Waals surface area contributed by atoms with Crippen LogP contribution in [-0.4, -0.2) is 24.1 Å². The van der Waals surface area contributed by atoms with Gasteiger partial charge < -0.3 is 10.6 Å². The fourth-order valence-electron chi connectivity index (χ4n) is 1.59. The first-order valence-corrected chi connectivity index (χ1v) is 5.53. The highest BCUT2D eigenvalue weighted by Crippen LogP contribution is 2.23. The lowest BCUT2D eigenvalue weighted by Crippen LogP contribution is -2.12. The van der Waals surface area contributed by atoms with Crippen LogP contribution in [0.4, 0.5) is 16.2 Å². The minimum atomic E-state index is -0.580. The molecule has 0 spiro atoms. The van der Waals surface area contributed by atoms with Crippen LogP contribution in [0.2, 0.25) is 0 Å². The van der Waals surface area contributed by atoms with Gasteiger partial charge in [-0.05, 0) is 12.1 Å². The van der Waals surface area contributed by atoms with E-state index in [9.17, 15) is 4.39 Å². The standard InChI is InChI=1S/C13H12FN5/c1-19(2)12-6-11(17-13(16)18-12)8-3-4-9(7-15)10(14)5-8/h3-6H,1-2H3,(H2,16,17,18). The zero-order valence-electron chi connectivity index (χ0n) is 10.6.